The van der Waals surface area contributed by atoms with E-state index in [-0.39, 0.29) is 4.90 Å². The molecule has 2 aromatic carbocycles. The molecule has 0 bridgehead atoms. The van der Waals surface area contributed by atoms with Crippen molar-refractivity contribution in [2.24, 2.45) is 0 Å². The second-order valence-electron chi connectivity index (χ2n) is 9.44. The second kappa shape index (κ2) is 14.8. The molecule has 0 saturated heterocycles. The molecule has 6 heteroatoms. The van der Waals surface area contributed by atoms with E-state index in [1.807, 2.05) is 0 Å². The van der Waals surface area contributed by atoms with Gasteiger partial charge in [-0.05, 0) is 35.9 Å². The van der Waals surface area contributed by atoms with Crippen LogP contribution < -0.4 is 0 Å². The first-order chi connectivity index (χ1) is 17.3. The molecule has 0 radical (unpaired) electrons. The number of fused-ring (bicyclic) bond motifs is 1. The fraction of sp³-hybridized carbons (Fsp3) is 0.400. The van der Waals surface area contributed by atoms with Crippen LogP contribution in [0.4, 0.5) is 4.39 Å². The summed E-state index contributed by atoms with van der Waals surface area (Å²) in [6.07, 6.45) is 11.4. The summed E-state index contributed by atoms with van der Waals surface area (Å²) in [5.74, 6) is -0.499. The van der Waals surface area contributed by atoms with Gasteiger partial charge in [0, 0.05) is 11.6 Å². The normalized spacial score (nSPS) is 11.7. The first-order valence-corrected chi connectivity index (χ1v) is 22.3. The van der Waals surface area contributed by atoms with E-state index in [4.69, 9.17) is 0 Å². The zero-order valence-corrected chi connectivity index (χ0v) is 25.8. The van der Waals surface area contributed by atoms with E-state index in [9.17, 15) is 12.8 Å². The van der Waals surface area contributed by atoms with Crippen molar-refractivity contribution in [3.8, 4) is 0 Å². The molecule has 0 saturated carbocycles. The molecular formula is C30H42FNO2SSn. The van der Waals surface area contributed by atoms with Crippen LogP contribution in [0.3, 0.4) is 0 Å². The van der Waals surface area contributed by atoms with Crippen LogP contribution in [-0.2, 0) is 10.0 Å². The van der Waals surface area contributed by atoms with Crippen LogP contribution in [0.5, 0.6) is 0 Å². The molecule has 0 atom stereocenters. The van der Waals surface area contributed by atoms with Crippen LogP contribution in [-0.4, -0.2) is 30.8 Å². The third-order valence-corrected chi connectivity index (χ3v) is 22.5. The zero-order chi connectivity index (χ0) is 26.6. The van der Waals surface area contributed by atoms with Gasteiger partial charge < -0.3 is 0 Å². The van der Waals surface area contributed by atoms with Gasteiger partial charge in [0.1, 0.15) is 5.82 Å². The summed E-state index contributed by atoms with van der Waals surface area (Å²) in [5, 5.41) is 0.644. The topological polar surface area (TPSA) is 39.1 Å². The number of halogens is 1. The molecule has 36 heavy (non-hydrogen) atoms. The fourth-order valence-electron chi connectivity index (χ4n) is 4.56. The molecule has 0 N–H and O–H groups in total. The minimum absolute atomic E-state index is 0.159. The van der Waals surface area contributed by atoms with Crippen LogP contribution in [0, 0.1) is 5.82 Å². The van der Waals surface area contributed by atoms with Crippen LogP contribution in [0.1, 0.15) is 64.9 Å². The van der Waals surface area contributed by atoms with Crippen LogP contribution in [0.2, 0.25) is 13.3 Å². The Hall–Kier alpha value is -1.86. The molecule has 1 aromatic heterocycles. The zero-order valence-electron chi connectivity index (χ0n) is 22.2. The second-order valence-corrected chi connectivity index (χ2v) is 24.5. The molecule has 0 amide bonds. The van der Waals surface area contributed by atoms with E-state index in [2.05, 4.69) is 38.0 Å². The van der Waals surface area contributed by atoms with Crippen LogP contribution >= 0.6 is 0 Å². The summed E-state index contributed by atoms with van der Waals surface area (Å²) < 4.78 is 47.2. The Morgan fingerprint density at radius 2 is 1.44 bits per heavy atom. The number of rotatable bonds is 13. The molecule has 0 spiro atoms. The molecule has 0 aliphatic carbocycles. The van der Waals surface area contributed by atoms with Crippen molar-refractivity contribution in [3.05, 3.63) is 83.4 Å². The number of hydrogen-bond donors (Lipinski definition) is 0. The summed E-state index contributed by atoms with van der Waals surface area (Å²) in [4.78, 5) is 0.159. The quantitative estimate of drug-likeness (QED) is 0.179. The fourth-order valence-corrected chi connectivity index (χ4v) is 18.9. The van der Waals surface area contributed by atoms with Gasteiger partial charge >= 0.3 is 102 Å². The summed E-state index contributed by atoms with van der Waals surface area (Å²) in [5.41, 5.74) is 0.862. The Morgan fingerprint density at radius 3 is 1.92 bits per heavy atom. The third kappa shape index (κ3) is 7.82. The van der Waals surface area contributed by atoms with Gasteiger partial charge in [0.2, 0.25) is 0 Å². The Bertz CT molecular complexity index is 1200. The molecule has 3 aromatic rings. The van der Waals surface area contributed by atoms with Crippen molar-refractivity contribution in [3.63, 3.8) is 0 Å². The van der Waals surface area contributed by atoms with E-state index in [0.717, 1.165) is 3.97 Å². The minimum atomic E-state index is -3.75. The van der Waals surface area contributed by atoms with Crippen molar-refractivity contribution in [1.29, 1.82) is 0 Å². The van der Waals surface area contributed by atoms with Gasteiger partial charge in [0.25, 0.3) is 10.0 Å². The van der Waals surface area contributed by atoms with Crippen molar-refractivity contribution in [2.75, 3.05) is 0 Å². The molecule has 3 nitrogen and oxygen atoms in total. The average Bonchev–Trinajstić information content (AvgIpc) is 3.33. The number of unbranched alkanes of at least 4 members (excludes halogenated alkanes) is 3. The standard InChI is InChI=1S/C16H12FNO2S.3C4H9.C2H3.Sn/c1-2-12-10-13(17)11-16-15(12)8-9-18(16)21(19,20)14-6-4-3-5-7-14;3*1-3-4-2;1-2;/h2-11H,1H2;3*1,3-4H2,2H3;1H,2H2;. The van der Waals surface area contributed by atoms with Crippen molar-refractivity contribution < 1.29 is 12.8 Å². The van der Waals surface area contributed by atoms with Crippen molar-refractivity contribution in [2.45, 2.75) is 77.5 Å². The third-order valence-electron chi connectivity index (χ3n) is 6.81. The Morgan fingerprint density at radius 1 is 0.889 bits per heavy atom. The molecule has 0 unspecified atom stereocenters. The van der Waals surface area contributed by atoms with Gasteiger partial charge in [0.15, 0.2) is 0 Å². The summed E-state index contributed by atoms with van der Waals surface area (Å²) in [6, 6.07) is 12.2. The molecule has 3 rings (SSSR count). The van der Waals surface area contributed by atoms with Crippen LogP contribution in [0.15, 0.2) is 76.9 Å². The number of aromatic nitrogens is 1. The first kappa shape index (κ1) is 30.4. The average molecular weight is 618 g/mol. The number of nitrogens with zero attached hydrogens (tertiary/aromatic N) is 1. The summed E-state index contributed by atoms with van der Waals surface area (Å²) in [7, 11) is -3.75. The first-order valence-electron chi connectivity index (χ1n) is 13.2. The van der Waals surface area contributed by atoms with Crippen LogP contribution in [0.25, 0.3) is 17.0 Å². The Labute approximate surface area is 222 Å². The molecular weight excluding hydrogens is 576 g/mol. The van der Waals surface area contributed by atoms with E-state index in [0.29, 0.717) is 16.5 Å². The van der Waals surface area contributed by atoms with E-state index < -0.39 is 34.2 Å². The van der Waals surface area contributed by atoms with E-state index in [1.165, 1.54) is 75.1 Å². The number of hydrogen-bond acceptors (Lipinski definition) is 2. The van der Waals surface area contributed by atoms with Gasteiger partial charge in [-0.1, -0.05) is 30.9 Å². The maximum absolute atomic E-state index is 13.7. The number of benzene rings is 2. The van der Waals surface area contributed by atoms with Gasteiger partial charge in [-0.3, -0.25) is 0 Å². The summed E-state index contributed by atoms with van der Waals surface area (Å²) in [6.45, 7) is 14.8. The predicted octanol–water partition coefficient (Wildman–Crippen LogP) is 9.22. The molecule has 0 aliphatic rings. The maximum atomic E-state index is 13.7. The predicted molar refractivity (Wildman–Crippen MR) is 156 cm³/mol. The molecule has 0 aliphatic heterocycles. The Balaban J connectivity index is 0.000000271. The molecule has 196 valence electrons. The van der Waals surface area contributed by atoms with Gasteiger partial charge in [-0.15, -0.1) is 0 Å². The molecule has 0 fully saturated rings. The van der Waals surface area contributed by atoms with E-state index in [1.54, 1.807) is 37.6 Å². The van der Waals surface area contributed by atoms with Gasteiger partial charge in [-0.2, -0.15) is 0 Å². The summed E-state index contributed by atoms with van der Waals surface area (Å²) >= 11 is -1.85. The SMILES string of the molecule is C=Cc1cc(F)cc2c1ccn2S(=O)(=O)c1ccccc1.C=[CH][Sn]([CH2]CCC)([CH2]CCC)[CH2]CCC. The van der Waals surface area contributed by atoms with Crippen molar-refractivity contribution in [1.82, 2.24) is 3.97 Å². The molecule has 1 heterocycles. The van der Waals surface area contributed by atoms with Gasteiger partial charge in [0.05, 0.1) is 10.4 Å². The monoisotopic (exact) mass is 619 g/mol. The Kier molecular flexibility index (Phi) is 12.5. The van der Waals surface area contributed by atoms with E-state index >= 15 is 0 Å². The van der Waals surface area contributed by atoms with Crippen molar-refractivity contribution >= 4 is 45.4 Å². The van der Waals surface area contributed by atoms with Gasteiger partial charge in [-0.25, -0.2) is 16.8 Å².